The van der Waals surface area contributed by atoms with Crippen molar-refractivity contribution in [1.29, 1.82) is 0 Å². The molecule has 0 saturated carbocycles. The van der Waals surface area contributed by atoms with Crippen molar-refractivity contribution < 1.29 is 13.9 Å². The van der Waals surface area contributed by atoms with E-state index in [1.807, 2.05) is 12.1 Å². The molecule has 0 saturated heterocycles. The van der Waals surface area contributed by atoms with Gasteiger partial charge in [-0.3, -0.25) is 4.79 Å². The van der Waals surface area contributed by atoms with Crippen molar-refractivity contribution in [2.24, 2.45) is 5.10 Å². The molecule has 1 amide bonds. The smallest absolute Gasteiger partial charge is 0.271 e. The van der Waals surface area contributed by atoms with Crippen LogP contribution in [-0.2, 0) is 0 Å². The first-order valence-electron chi connectivity index (χ1n) is 5.92. The summed E-state index contributed by atoms with van der Waals surface area (Å²) in [4.78, 5) is 11.7. The van der Waals surface area contributed by atoms with Crippen LogP contribution in [0, 0.1) is 5.82 Å². The van der Waals surface area contributed by atoms with Crippen molar-refractivity contribution in [2.75, 3.05) is 7.11 Å². The predicted octanol–water partition coefficient (Wildman–Crippen LogP) is 2.60. The van der Waals surface area contributed by atoms with Gasteiger partial charge in [-0.05, 0) is 54.1 Å². The quantitative estimate of drug-likeness (QED) is 0.687. The van der Waals surface area contributed by atoms with E-state index in [1.54, 1.807) is 19.2 Å². The molecular weight excluding hydrogens is 259 g/mol. The van der Waals surface area contributed by atoms with E-state index in [9.17, 15) is 9.18 Å². The minimum atomic E-state index is -0.394. The first-order chi connectivity index (χ1) is 9.69. The summed E-state index contributed by atoms with van der Waals surface area (Å²) in [5.74, 6) is -0.0319. The van der Waals surface area contributed by atoms with Crippen LogP contribution in [0.5, 0.6) is 5.75 Å². The lowest BCUT2D eigenvalue weighted by Gasteiger charge is -2.00. The zero-order valence-electron chi connectivity index (χ0n) is 10.8. The third-order valence-corrected chi connectivity index (χ3v) is 2.60. The minimum Gasteiger partial charge on any atom is -0.497 e. The molecule has 2 rings (SSSR count). The van der Waals surface area contributed by atoms with Crippen molar-refractivity contribution in [2.45, 2.75) is 0 Å². The number of rotatable bonds is 4. The number of halogens is 1. The number of carbonyl (C=O) groups excluding carboxylic acids is 1. The second-order valence-electron chi connectivity index (χ2n) is 3.98. The van der Waals surface area contributed by atoms with Crippen molar-refractivity contribution >= 4 is 12.1 Å². The molecule has 20 heavy (non-hydrogen) atoms. The van der Waals surface area contributed by atoms with Gasteiger partial charge in [-0.2, -0.15) is 5.10 Å². The van der Waals surface area contributed by atoms with Crippen LogP contribution in [0.15, 0.2) is 53.6 Å². The lowest BCUT2D eigenvalue weighted by Crippen LogP contribution is -2.17. The molecule has 0 aromatic heterocycles. The van der Waals surface area contributed by atoms with Crippen LogP contribution in [0.25, 0.3) is 0 Å². The van der Waals surface area contributed by atoms with E-state index in [0.717, 1.165) is 11.3 Å². The number of amides is 1. The highest BCUT2D eigenvalue weighted by molar-refractivity contribution is 5.94. The maximum absolute atomic E-state index is 12.7. The summed E-state index contributed by atoms with van der Waals surface area (Å²) < 4.78 is 17.7. The maximum atomic E-state index is 12.7. The van der Waals surface area contributed by atoms with Gasteiger partial charge in [0.05, 0.1) is 13.3 Å². The molecule has 0 bridgehead atoms. The average Bonchev–Trinajstić information content (AvgIpc) is 2.48. The van der Waals surface area contributed by atoms with Crippen molar-refractivity contribution in [1.82, 2.24) is 5.43 Å². The van der Waals surface area contributed by atoms with Crippen LogP contribution in [0.4, 0.5) is 4.39 Å². The number of hydrogen-bond acceptors (Lipinski definition) is 3. The summed E-state index contributed by atoms with van der Waals surface area (Å²) in [5.41, 5.74) is 3.54. The van der Waals surface area contributed by atoms with Gasteiger partial charge in [0.25, 0.3) is 5.91 Å². The van der Waals surface area contributed by atoms with E-state index >= 15 is 0 Å². The molecule has 0 aliphatic heterocycles. The van der Waals surface area contributed by atoms with Gasteiger partial charge in [0.1, 0.15) is 11.6 Å². The number of benzene rings is 2. The summed E-state index contributed by atoms with van der Waals surface area (Å²) >= 11 is 0. The normalized spacial score (nSPS) is 10.5. The van der Waals surface area contributed by atoms with Gasteiger partial charge >= 0.3 is 0 Å². The number of nitrogens with one attached hydrogen (secondary N) is 1. The molecule has 4 nitrogen and oxygen atoms in total. The van der Waals surface area contributed by atoms with E-state index in [1.165, 1.54) is 30.5 Å². The van der Waals surface area contributed by atoms with E-state index in [4.69, 9.17) is 4.74 Å². The fourth-order valence-electron chi connectivity index (χ4n) is 1.52. The van der Waals surface area contributed by atoms with Gasteiger partial charge < -0.3 is 4.74 Å². The largest absolute Gasteiger partial charge is 0.497 e. The molecular formula is C15H13FN2O2. The molecule has 0 aliphatic rings. The van der Waals surface area contributed by atoms with Crippen LogP contribution in [0.3, 0.4) is 0 Å². The Bertz CT molecular complexity index is 607. The number of hydrazone groups is 1. The molecule has 0 unspecified atom stereocenters. The molecule has 2 aromatic rings. The summed E-state index contributed by atoms with van der Waals surface area (Å²) in [6, 6.07) is 12.5. The molecule has 0 spiro atoms. The highest BCUT2D eigenvalue weighted by Crippen LogP contribution is 2.09. The van der Waals surface area contributed by atoms with E-state index in [0.29, 0.717) is 5.56 Å². The lowest BCUT2D eigenvalue weighted by atomic mass is 10.2. The topological polar surface area (TPSA) is 50.7 Å². The summed E-state index contributed by atoms with van der Waals surface area (Å²) in [6.07, 6.45) is 1.51. The fraction of sp³-hybridized carbons (Fsp3) is 0.0667. The van der Waals surface area contributed by atoms with Gasteiger partial charge in [0, 0.05) is 5.56 Å². The van der Waals surface area contributed by atoms with E-state index in [2.05, 4.69) is 10.5 Å². The SMILES string of the molecule is COc1ccc(/C=N\NC(=O)c2ccc(F)cc2)cc1. The number of hydrogen-bond donors (Lipinski definition) is 1. The molecule has 102 valence electrons. The van der Waals surface area contributed by atoms with Gasteiger partial charge in [-0.1, -0.05) is 0 Å². The standard InChI is InChI=1S/C15H13FN2O2/c1-20-14-8-2-11(3-9-14)10-17-18-15(19)12-4-6-13(16)7-5-12/h2-10H,1H3,(H,18,19)/b17-10-. The molecule has 0 atom stereocenters. The summed E-state index contributed by atoms with van der Waals surface area (Å²) in [5, 5.41) is 3.84. The van der Waals surface area contributed by atoms with Crippen molar-refractivity contribution in [3.63, 3.8) is 0 Å². The molecule has 0 radical (unpaired) electrons. The Morgan fingerprint density at radius 3 is 2.40 bits per heavy atom. The fourth-order valence-corrected chi connectivity index (χ4v) is 1.52. The maximum Gasteiger partial charge on any atom is 0.271 e. The van der Waals surface area contributed by atoms with Crippen molar-refractivity contribution in [3.05, 3.63) is 65.5 Å². The minimum absolute atomic E-state index is 0.346. The van der Waals surface area contributed by atoms with Crippen LogP contribution in [-0.4, -0.2) is 19.2 Å². The summed E-state index contributed by atoms with van der Waals surface area (Å²) in [7, 11) is 1.59. The molecule has 0 fully saturated rings. The average molecular weight is 272 g/mol. The Kier molecular flexibility index (Phi) is 4.44. The van der Waals surface area contributed by atoms with E-state index < -0.39 is 5.91 Å². The van der Waals surface area contributed by atoms with Gasteiger partial charge in [0.15, 0.2) is 0 Å². The number of ether oxygens (including phenoxy) is 1. The molecule has 0 aliphatic carbocycles. The first kappa shape index (κ1) is 13.7. The van der Waals surface area contributed by atoms with E-state index in [-0.39, 0.29) is 5.82 Å². The third-order valence-electron chi connectivity index (χ3n) is 2.60. The van der Waals surface area contributed by atoms with Gasteiger partial charge in [-0.25, -0.2) is 9.82 Å². The second kappa shape index (κ2) is 6.47. The summed E-state index contributed by atoms with van der Waals surface area (Å²) in [6.45, 7) is 0. The highest BCUT2D eigenvalue weighted by atomic mass is 19.1. The Morgan fingerprint density at radius 1 is 1.15 bits per heavy atom. The Balaban J connectivity index is 1.95. The molecule has 5 heteroatoms. The van der Waals surface area contributed by atoms with Crippen molar-refractivity contribution in [3.8, 4) is 5.75 Å². The van der Waals surface area contributed by atoms with Crippen LogP contribution < -0.4 is 10.2 Å². The van der Waals surface area contributed by atoms with Crippen LogP contribution >= 0.6 is 0 Å². The molecule has 0 heterocycles. The lowest BCUT2D eigenvalue weighted by molar-refractivity contribution is 0.0955. The first-order valence-corrected chi connectivity index (χ1v) is 5.92. The van der Waals surface area contributed by atoms with Gasteiger partial charge in [-0.15, -0.1) is 0 Å². The second-order valence-corrected chi connectivity index (χ2v) is 3.98. The van der Waals surface area contributed by atoms with Crippen LogP contribution in [0.2, 0.25) is 0 Å². The molecule has 1 N–H and O–H groups in total. The number of nitrogens with zero attached hydrogens (tertiary/aromatic N) is 1. The van der Waals surface area contributed by atoms with Gasteiger partial charge in [0.2, 0.25) is 0 Å². The third kappa shape index (κ3) is 3.65. The zero-order chi connectivity index (χ0) is 14.4. The number of methoxy groups -OCH3 is 1. The molecule has 2 aromatic carbocycles. The zero-order valence-corrected chi connectivity index (χ0v) is 10.8. The predicted molar refractivity (Wildman–Crippen MR) is 74.5 cm³/mol. The highest BCUT2D eigenvalue weighted by Gasteiger charge is 2.03. The Hall–Kier alpha value is -2.69. The Labute approximate surface area is 115 Å². The van der Waals surface area contributed by atoms with Crippen LogP contribution in [0.1, 0.15) is 15.9 Å². The monoisotopic (exact) mass is 272 g/mol. The Morgan fingerprint density at radius 2 is 1.80 bits per heavy atom. The number of carbonyl (C=O) groups is 1.